The largest absolute Gasteiger partial charge is 0.504 e. The molecule has 5 heteroatoms. The zero-order valence-electron chi connectivity index (χ0n) is 14.6. The standard InChI is InChI=1S/C20H21NO4/c1-21(2)7-6-13-8-16(22)20(23-3)19-14(13)5-4-12-9-17-18(10-15(12)19)25-11-24-17/h4-5,8-10,22H,6-7,11H2,1-3H3. The summed E-state index contributed by atoms with van der Waals surface area (Å²) in [5, 5.41) is 14.5. The third-order valence-corrected chi connectivity index (χ3v) is 4.66. The molecule has 0 aliphatic carbocycles. The smallest absolute Gasteiger partial charge is 0.231 e. The molecule has 5 nitrogen and oxygen atoms in total. The van der Waals surface area contributed by atoms with Crippen LogP contribution in [-0.4, -0.2) is 44.5 Å². The molecule has 0 bridgehead atoms. The number of phenols is 1. The second-order valence-electron chi connectivity index (χ2n) is 6.56. The molecule has 130 valence electrons. The zero-order valence-corrected chi connectivity index (χ0v) is 14.6. The summed E-state index contributed by atoms with van der Waals surface area (Å²) in [6.07, 6.45) is 0.844. The van der Waals surface area contributed by atoms with Crippen molar-refractivity contribution in [2.24, 2.45) is 0 Å². The zero-order chi connectivity index (χ0) is 17.6. The van der Waals surface area contributed by atoms with Gasteiger partial charge < -0.3 is 24.2 Å². The van der Waals surface area contributed by atoms with E-state index in [-0.39, 0.29) is 12.5 Å². The summed E-state index contributed by atoms with van der Waals surface area (Å²) in [7, 11) is 5.67. The summed E-state index contributed by atoms with van der Waals surface area (Å²) in [5.41, 5.74) is 1.10. The van der Waals surface area contributed by atoms with Gasteiger partial charge in [-0.3, -0.25) is 0 Å². The first-order valence-corrected chi connectivity index (χ1v) is 8.28. The molecule has 0 atom stereocenters. The van der Waals surface area contributed by atoms with Gasteiger partial charge in [0, 0.05) is 11.9 Å². The number of nitrogens with zero attached hydrogens (tertiary/aromatic N) is 1. The van der Waals surface area contributed by atoms with Gasteiger partial charge >= 0.3 is 0 Å². The second-order valence-corrected chi connectivity index (χ2v) is 6.56. The highest BCUT2D eigenvalue weighted by Crippen LogP contribution is 2.44. The van der Waals surface area contributed by atoms with E-state index in [1.54, 1.807) is 7.11 Å². The lowest BCUT2D eigenvalue weighted by molar-refractivity contribution is 0.174. The first kappa shape index (κ1) is 15.8. The maximum Gasteiger partial charge on any atom is 0.231 e. The van der Waals surface area contributed by atoms with Crippen LogP contribution in [0.2, 0.25) is 0 Å². The Bertz CT molecular complexity index is 965. The minimum Gasteiger partial charge on any atom is -0.504 e. The maximum absolute atomic E-state index is 10.5. The van der Waals surface area contributed by atoms with E-state index in [4.69, 9.17) is 14.2 Å². The van der Waals surface area contributed by atoms with Crippen molar-refractivity contribution in [2.45, 2.75) is 6.42 Å². The fourth-order valence-corrected chi connectivity index (χ4v) is 3.42. The van der Waals surface area contributed by atoms with E-state index < -0.39 is 0 Å². The van der Waals surface area contributed by atoms with Gasteiger partial charge in [-0.25, -0.2) is 0 Å². The average molecular weight is 339 g/mol. The van der Waals surface area contributed by atoms with Crippen molar-refractivity contribution in [2.75, 3.05) is 34.5 Å². The molecule has 0 aromatic heterocycles. The van der Waals surface area contributed by atoms with Gasteiger partial charge in [-0.05, 0) is 60.4 Å². The Morgan fingerprint density at radius 1 is 1.08 bits per heavy atom. The molecule has 4 rings (SSSR count). The number of likely N-dealkylation sites (N-methyl/N-ethyl adjacent to an activating group) is 1. The second kappa shape index (κ2) is 6.01. The van der Waals surface area contributed by atoms with E-state index >= 15 is 0 Å². The molecule has 1 aliphatic heterocycles. The lowest BCUT2D eigenvalue weighted by atomic mass is 9.95. The number of benzene rings is 3. The molecule has 25 heavy (non-hydrogen) atoms. The monoisotopic (exact) mass is 339 g/mol. The van der Waals surface area contributed by atoms with Gasteiger partial charge in [0.1, 0.15) is 0 Å². The quantitative estimate of drug-likeness (QED) is 0.737. The Labute approximate surface area is 146 Å². The third-order valence-electron chi connectivity index (χ3n) is 4.66. The summed E-state index contributed by atoms with van der Waals surface area (Å²) in [4.78, 5) is 2.13. The van der Waals surface area contributed by atoms with Crippen molar-refractivity contribution in [3.05, 3.63) is 35.9 Å². The van der Waals surface area contributed by atoms with Gasteiger partial charge in [0.25, 0.3) is 0 Å². The van der Waals surface area contributed by atoms with Crippen LogP contribution in [0.1, 0.15) is 5.56 Å². The van der Waals surface area contributed by atoms with Crippen molar-refractivity contribution in [1.29, 1.82) is 0 Å². The van der Waals surface area contributed by atoms with Gasteiger partial charge in [-0.15, -0.1) is 0 Å². The summed E-state index contributed by atoms with van der Waals surface area (Å²) in [5.74, 6) is 2.13. The Balaban J connectivity index is 2.03. The Kier molecular flexibility index (Phi) is 3.81. The van der Waals surface area contributed by atoms with Crippen molar-refractivity contribution < 1.29 is 19.3 Å². The summed E-state index contributed by atoms with van der Waals surface area (Å²) in [6.45, 7) is 1.14. The number of methoxy groups -OCH3 is 1. The number of ether oxygens (including phenoxy) is 3. The molecule has 0 unspecified atom stereocenters. The van der Waals surface area contributed by atoms with E-state index in [9.17, 15) is 5.11 Å². The van der Waals surface area contributed by atoms with Crippen LogP contribution in [0.25, 0.3) is 21.5 Å². The van der Waals surface area contributed by atoms with Crippen LogP contribution >= 0.6 is 0 Å². The number of rotatable bonds is 4. The topological polar surface area (TPSA) is 51.2 Å². The van der Waals surface area contributed by atoms with Gasteiger partial charge in [0.05, 0.1) is 7.11 Å². The molecule has 3 aromatic rings. The molecule has 0 saturated heterocycles. The van der Waals surface area contributed by atoms with E-state index in [2.05, 4.69) is 17.0 Å². The van der Waals surface area contributed by atoms with Gasteiger partial charge in [0.2, 0.25) is 6.79 Å². The normalized spacial score (nSPS) is 13.1. The van der Waals surface area contributed by atoms with E-state index in [1.165, 1.54) is 0 Å². The summed E-state index contributed by atoms with van der Waals surface area (Å²) < 4.78 is 16.5. The van der Waals surface area contributed by atoms with Gasteiger partial charge in [0.15, 0.2) is 23.0 Å². The number of phenolic OH excluding ortho intramolecular Hbond substituents is 1. The van der Waals surface area contributed by atoms with Crippen LogP contribution in [0.4, 0.5) is 0 Å². The van der Waals surface area contributed by atoms with Crippen LogP contribution in [0.15, 0.2) is 30.3 Å². The molecule has 1 N–H and O–H groups in total. The Morgan fingerprint density at radius 3 is 2.56 bits per heavy atom. The molecule has 1 aliphatic rings. The van der Waals surface area contributed by atoms with Gasteiger partial charge in [-0.1, -0.05) is 12.1 Å². The molecule has 0 fully saturated rings. The number of aromatic hydroxyl groups is 1. The predicted molar refractivity (Wildman–Crippen MR) is 98.1 cm³/mol. The SMILES string of the molecule is COc1c(O)cc(CCN(C)C)c2ccc3cc4c(cc3c12)OCO4. The third kappa shape index (κ3) is 2.61. The fourth-order valence-electron chi connectivity index (χ4n) is 3.42. The molecule has 0 amide bonds. The van der Waals surface area contributed by atoms with Crippen LogP contribution in [0.5, 0.6) is 23.0 Å². The highest BCUT2D eigenvalue weighted by atomic mass is 16.7. The average Bonchev–Trinajstić information content (AvgIpc) is 3.04. The van der Waals surface area contributed by atoms with E-state index in [0.717, 1.165) is 51.6 Å². The molecule has 3 aromatic carbocycles. The first-order chi connectivity index (χ1) is 12.1. The van der Waals surface area contributed by atoms with Crippen LogP contribution in [0.3, 0.4) is 0 Å². The van der Waals surface area contributed by atoms with Crippen LogP contribution in [-0.2, 0) is 6.42 Å². The minimum atomic E-state index is 0.161. The Morgan fingerprint density at radius 2 is 1.84 bits per heavy atom. The molecular formula is C20H21NO4. The molecule has 1 heterocycles. The van der Waals surface area contributed by atoms with Crippen molar-refractivity contribution in [1.82, 2.24) is 4.90 Å². The van der Waals surface area contributed by atoms with Gasteiger partial charge in [-0.2, -0.15) is 0 Å². The molecular weight excluding hydrogens is 318 g/mol. The lowest BCUT2D eigenvalue weighted by Gasteiger charge is -2.16. The number of hydrogen-bond donors (Lipinski definition) is 1. The Hall–Kier alpha value is -2.66. The minimum absolute atomic E-state index is 0.161. The molecule has 0 saturated carbocycles. The lowest BCUT2D eigenvalue weighted by Crippen LogP contribution is -2.15. The molecule has 0 spiro atoms. The highest BCUT2D eigenvalue weighted by molar-refractivity contribution is 6.13. The fraction of sp³-hybridized carbons (Fsp3) is 0.300. The predicted octanol–water partition coefficient (Wildman–Crippen LogP) is 3.54. The molecule has 0 radical (unpaired) electrons. The highest BCUT2D eigenvalue weighted by Gasteiger charge is 2.19. The van der Waals surface area contributed by atoms with E-state index in [0.29, 0.717) is 5.75 Å². The van der Waals surface area contributed by atoms with Crippen molar-refractivity contribution >= 4 is 21.5 Å². The van der Waals surface area contributed by atoms with Crippen LogP contribution < -0.4 is 14.2 Å². The number of hydrogen-bond acceptors (Lipinski definition) is 5. The number of fused-ring (bicyclic) bond motifs is 4. The van der Waals surface area contributed by atoms with Crippen molar-refractivity contribution in [3.63, 3.8) is 0 Å². The van der Waals surface area contributed by atoms with Crippen molar-refractivity contribution in [3.8, 4) is 23.0 Å². The van der Waals surface area contributed by atoms with E-state index in [1.807, 2.05) is 32.3 Å². The summed E-state index contributed by atoms with van der Waals surface area (Å²) in [6, 6.07) is 9.92. The summed E-state index contributed by atoms with van der Waals surface area (Å²) >= 11 is 0. The maximum atomic E-state index is 10.5. The first-order valence-electron chi connectivity index (χ1n) is 8.28. The van der Waals surface area contributed by atoms with Crippen LogP contribution in [0, 0.1) is 0 Å².